The Bertz CT molecular complexity index is 600. The van der Waals surface area contributed by atoms with Crippen molar-refractivity contribution < 1.29 is 36.3 Å². The van der Waals surface area contributed by atoms with Gasteiger partial charge in [-0.05, 0) is 19.3 Å². The van der Waals surface area contributed by atoms with E-state index in [1.54, 1.807) is 0 Å². The Morgan fingerprint density at radius 1 is 0.875 bits per heavy atom. The molecular weight excluding hydrogens is 333 g/mol. The van der Waals surface area contributed by atoms with Crippen molar-refractivity contribution in [3.8, 4) is 0 Å². The van der Waals surface area contributed by atoms with Gasteiger partial charge in [0.05, 0.1) is 31.6 Å². The van der Waals surface area contributed by atoms with Crippen LogP contribution >= 0.6 is 0 Å². The number of likely N-dealkylation sites (tertiary alicyclic amines) is 1. The first-order valence-corrected chi connectivity index (χ1v) is 7.84. The van der Waals surface area contributed by atoms with E-state index in [-0.39, 0.29) is 23.9 Å². The highest BCUT2D eigenvalue weighted by atomic mass is 19.2. The highest BCUT2D eigenvalue weighted by Crippen LogP contribution is 2.29. The number of hydrogen-bond donors (Lipinski definition) is 1. The Kier molecular flexibility index (Phi) is 5.79. The first-order chi connectivity index (χ1) is 11.3. The molecule has 1 aromatic carbocycles. The highest BCUT2D eigenvalue weighted by molar-refractivity contribution is 5.66. The van der Waals surface area contributed by atoms with E-state index in [0.29, 0.717) is 19.6 Å². The van der Waals surface area contributed by atoms with Gasteiger partial charge in [-0.25, -0.2) is 22.0 Å². The number of rotatable bonds is 6. The summed E-state index contributed by atoms with van der Waals surface area (Å²) < 4.78 is 68.0. The lowest BCUT2D eigenvalue weighted by molar-refractivity contribution is -0.945. The molecule has 1 heterocycles. The molecule has 0 radical (unpaired) electrons. The van der Waals surface area contributed by atoms with Gasteiger partial charge in [-0.2, -0.15) is 0 Å². The Morgan fingerprint density at radius 3 is 1.88 bits per heavy atom. The van der Waals surface area contributed by atoms with Gasteiger partial charge in [0.1, 0.15) is 6.54 Å². The molecule has 2 rings (SSSR count). The van der Waals surface area contributed by atoms with Gasteiger partial charge in [-0.3, -0.25) is 4.79 Å². The smallest absolute Gasteiger partial charge is 0.303 e. The largest absolute Gasteiger partial charge is 0.481 e. The van der Waals surface area contributed by atoms with Crippen molar-refractivity contribution in [2.45, 2.75) is 38.6 Å². The molecule has 0 unspecified atom stereocenters. The van der Waals surface area contributed by atoms with E-state index in [0.717, 1.165) is 19.3 Å². The normalized spacial score (nSPS) is 17.0. The molecule has 0 spiro atoms. The van der Waals surface area contributed by atoms with Crippen LogP contribution < -0.4 is 0 Å². The number of aliphatic carboxylic acids is 1. The zero-order valence-corrected chi connectivity index (χ0v) is 13.1. The zero-order valence-electron chi connectivity index (χ0n) is 13.1. The summed E-state index contributed by atoms with van der Waals surface area (Å²) in [6, 6.07) is 0. The van der Waals surface area contributed by atoms with E-state index in [1.165, 1.54) is 0 Å². The molecule has 1 aliphatic heterocycles. The van der Waals surface area contributed by atoms with E-state index in [9.17, 15) is 26.7 Å². The number of halogens is 5. The lowest BCUT2D eigenvalue weighted by Gasteiger charge is -2.42. The second kappa shape index (κ2) is 7.46. The fraction of sp³-hybridized carbons (Fsp3) is 0.562. The van der Waals surface area contributed by atoms with Gasteiger partial charge < -0.3 is 9.59 Å². The number of benzene rings is 1. The molecule has 0 aromatic heterocycles. The van der Waals surface area contributed by atoms with Crippen LogP contribution in [0.5, 0.6) is 0 Å². The first-order valence-electron chi connectivity index (χ1n) is 7.84. The van der Waals surface area contributed by atoms with Crippen LogP contribution in [0.15, 0.2) is 0 Å². The van der Waals surface area contributed by atoms with Gasteiger partial charge in [-0.15, -0.1) is 0 Å². The summed E-state index contributed by atoms with van der Waals surface area (Å²) in [5.74, 6) is -10.6. The average Bonchev–Trinajstić information content (AvgIpc) is 2.56. The number of nitrogens with zero attached hydrogens (tertiary/aromatic N) is 1. The molecule has 1 aromatic rings. The maximum absolute atomic E-state index is 14.0. The van der Waals surface area contributed by atoms with Crippen LogP contribution in [0.4, 0.5) is 22.0 Å². The molecule has 1 fully saturated rings. The van der Waals surface area contributed by atoms with Gasteiger partial charge in [0.2, 0.25) is 5.82 Å². The van der Waals surface area contributed by atoms with Gasteiger partial charge >= 0.3 is 5.97 Å². The molecule has 134 valence electrons. The number of quaternary nitrogens is 1. The molecule has 1 aliphatic rings. The van der Waals surface area contributed by atoms with Gasteiger partial charge in [0.15, 0.2) is 23.3 Å². The van der Waals surface area contributed by atoms with E-state index >= 15 is 0 Å². The SMILES string of the molecule is O=C(O)CCC[N+]1(Cc2c(F)c(F)c(F)c(F)c2F)CCCCC1. The molecule has 0 amide bonds. The number of hydrogen-bond acceptors (Lipinski definition) is 1. The molecule has 3 nitrogen and oxygen atoms in total. The van der Waals surface area contributed by atoms with Crippen molar-refractivity contribution >= 4 is 5.97 Å². The second-order valence-electron chi connectivity index (χ2n) is 6.28. The molecule has 8 heteroatoms. The summed E-state index contributed by atoms with van der Waals surface area (Å²) in [4.78, 5) is 10.7. The molecule has 0 atom stereocenters. The Labute approximate surface area is 136 Å². The third-order valence-electron chi connectivity index (χ3n) is 4.58. The van der Waals surface area contributed by atoms with E-state index in [4.69, 9.17) is 5.11 Å². The first kappa shape index (κ1) is 18.6. The van der Waals surface area contributed by atoms with Crippen molar-refractivity contribution in [1.82, 2.24) is 0 Å². The molecule has 24 heavy (non-hydrogen) atoms. The summed E-state index contributed by atoms with van der Waals surface area (Å²) >= 11 is 0. The molecule has 1 N–H and O–H groups in total. The van der Waals surface area contributed by atoms with E-state index < -0.39 is 40.6 Å². The molecule has 0 bridgehead atoms. The zero-order chi connectivity index (χ0) is 17.9. The fourth-order valence-corrected chi connectivity index (χ4v) is 3.33. The topological polar surface area (TPSA) is 37.3 Å². The molecular formula is C16H19F5NO2+. The minimum atomic E-state index is -2.16. The summed E-state index contributed by atoms with van der Waals surface area (Å²) in [5.41, 5.74) is -0.816. The third kappa shape index (κ3) is 3.85. The maximum Gasteiger partial charge on any atom is 0.303 e. The van der Waals surface area contributed by atoms with Gasteiger partial charge in [-0.1, -0.05) is 0 Å². The van der Waals surface area contributed by atoms with Crippen LogP contribution in [-0.2, 0) is 11.3 Å². The molecule has 1 saturated heterocycles. The van der Waals surface area contributed by atoms with Crippen LogP contribution in [0, 0.1) is 29.1 Å². The molecule has 0 saturated carbocycles. The average molecular weight is 352 g/mol. The van der Waals surface area contributed by atoms with Crippen LogP contribution in [0.2, 0.25) is 0 Å². The van der Waals surface area contributed by atoms with Crippen molar-refractivity contribution in [1.29, 1.82) is 0 Å². The number of piperidine rings is 1. The predicted octanol–water partition coefficient (Wildman–Crippen LogP) is 3.75. The standard InChI is InChI=1S/C16H18F5NO2/c17-12-10(13(18)15(20)16(21)14(12)19)9-22(6-2-1-3-7-22)8-4-5-11(23)24/h1-9H2/p+1. The Hall–Kier alpha value is -1.70. The van der Waals surface area contributed by atoms with E-state index in [1.807, 2.05) is 0 Å². The van der Waals surface area contributed by atoms with Crippen molar-refractivity contribution in [2.24, 2.45) is 0 Å². The lowest BCUT2D eigenvalue weighted by atomic mass is 10.0. The summed E-state index contributed by atoms with van der Waals surface area (Å²) in [7, 11) is 0. The number of carbonyl (C=O) groups is 1. The highest BCUT2D eigenvalue weighted by Gasteiger charge is 2.35. The Balaban J connectivity index is 2.31. The van der Waals surface area contributed by atoms with Gasteiger partial charge in [0.25, 0.3) is 0 Å². The van der Waals surface area contributed by atoms with Crippen molar-refractivity contribution in [2.75, 3.05) is 19.6 Å². The monoisotopic (exact) mass is 352 g/mol. The number of carboxylic acid groups (broad SMARTS) is 1. The quantitative estimate of drug-likeness (QED) is 0.366. The minimum Gasteiger partial charge on any atom is -0.481 e. The fourth-order valence-electron chi connectivity index (χ4n) is 3.33. The van der Waals surface area contributed by atoms with Crippen LogP contribution in [-0.4, -0.2) is 35.2 Å². The summed E-state index contributed by atoms with van der Waals surface area (Å²) in [5, 5.41) is 8.74. The number of carboxylic acids is 1. The maximum atomic E-state index is 14.0. The Morgan fingerprint density at radius 2 is 1.38 bits per heavy atom. The van der Waals surface area contributed by atoms with Crippen LogP contribution in [0.3, 0.4) is 0 Å². The van der Waals surface area contributed by atoms with Crippen LogP contribution in [0.1, 0.15) is 37.7 Å². The lowest BCUT2D eigenvalue weighted by Crippen LogP contribution is -2.51. The van der Waals surface area contributed by atoms with E-state index in [2.05, 4.69) is 0 Å². The minimum absolute atomic E-state index is 0.100. The van der Waals surface area contributed by atoms with Crippen molar-refractivity contribution in [3.63, 3.8) is 0 Å². The van der Waals surface area contributed by atoms with Crippen molar-refractivity contribution in [3.05, 3.63) is 34.6 Å². The van der Waals surface area contributed by atoms with Crippen LogP contribution in [0.25, 0.3) is 0 Å². The predicted molar refractivity (Wildman–Crippen MR) is 75.5 cm³/mol. The summed E-state index contributed by atoms with van der Waals surface area (Å²) in [6.07, 6.45) is 2.64. The second-order valence-corrected chi connectivity index (χ2v) is 6.28. The van der Waals surface area contributed by atoms with Gasteiger partial charge in [0, 0.05) is 6.42 Å². The third-order valence-corrected chi connectivity index (χ3v) is 4.58. The molecule has 0 aliphatic carbocycles. The summed E-state index contributed by atoms with van der Waals surface area (Å²) in [6.45, 7) is 1.05.